The normalized spacial score (nSPS) is 8.30. The van der Waals surface area contributed by atoms with Crippen LogP contribution in [0.1, 0.15) is 5.69 Å². The van der Waals surface area contributed by atoms with Gasteiger partial charge in [-0.1, -0.05) is 6.57 Å². The van der Waals surface area contributed by atoms with E-state index in [9.17, 15) is 0 Å². The fourth-order valence-electron chi connectivity index (χ4n) is 0.634. The second kappa shape index (κ2) is 2.20. The Morgan fingerprint density at radius 3 is 3.00 bits per heavy atom. The van der Waals surface area contributed by atoms with Crippen molar-refractivity contribution in [3.8, 4) is 6.07 Å². The van der Waals surface area contributed by atoms with E-state index in [1.807, 2.05) is 6.07 Å². The van der Waals surface area contributed by atoms with Crippen LogP contribution in [0.4, 0.5) is 5.82 Å². The number of nitriles is 1. The van der Waals surface area contributed by atoms with Gasteiger partial charge < -0.3 is 4.85 Å². The van der Waals surface area contributed by atoms with Gasteiger partial charge in [-0.15, -0.1) is 0 Å². The molecule has 0 amide bonds. The number of imidazole rings is 1. The standard InChI is InChI=1S/C6H4N4/c1-8-6-5(3-7)9-4-10(6)2/h4H,2H3. The summed E-state index contributed by atoms with van der Waals surface area (Å²) < 4.78 is 1.52. The van der Waals surface area contributed by atoms with Gasteiger partial charge in [0.25, 0.3) is 5.82 Å². The maximum absolute atomic E-state index is 8.39. The molecule has 0 radical (unpaired) electrons. The molecule has 0 aromatic carbocycles. The average molecular weight is 132 g/mol. The van der Waals surface area contributed by atoms with Gasteiger partial charge in [-0.2, -0.15) is 5.26 Å². The summed E-state index contributed by atoms with van der Waals surface area (Å²) in [5.74, 6) is 0.294. The van der Waals surface area contributed by atoms with Gasteiger partial charge in [0.1, 0.15) is 6.07 Å². The molecule has 1 heterocycles. The van der Waals surface area contributed by atoms with E-state index < -0.39 is 0 Å². The molecule has 0 saturated carbocycles. The van der Waals surface area contributed by atoms with Gasteiger partial charge in [0.15, 0.2) is 12.0 Å². The highest BCUT2D eigenvalue weighted by atomic mass is 15.1. The highest BCUT2D eigenvalue weighted by molar-refractivity contribution is 5.49. The Bertz CT molecular complexity index is 322. The SMILES string of the molecule is [C-]#[N+]c1c(C#N)ncn1C. The molecule has 0 aliphatic carbocycles. The highest BCUT2D eigenvalue weighted by Crippen LogP contribution is 2.14. The molecule has 0 saturated heterocycles. The molecule has 10 heavy (non-hydrogen) atoms. The lowest BCUT2D eigenvalue weighted by Gasteiger charge is -1.86. The minimum absolute atomic E-state index is 0.192. The summed E-state index contributed by atoms with van der Waals surface area (Å²) >= 11 is 0. The molecular weight excluding hydrogens is 128 g/mol. The summed E-state index contributed by atoms with van der Waals surface area (Å²) in [6.45, 7) is 6.66. The minimum atomic E-state index is 0.192. The molecule has 48 valence electrons. The zero-order chi connectivity index (χ0) is 7.56. The topological polar surface area (TPSA) is 46.0 Å². The van der Waals surface area contributed by atoms with Crippen molar-refractivity contribution in [1.29, 1.82) is 5.26 Å². The van der Waals surface area contributed by atoms with Crippen molar-refractivity contribution in [3.63, 3.8) is 0 Å². The Hall–Kier alpha value is -1.81. The van der Waals surface area contributed by atoms with E-state index in [-0.39, 0.29) is 5.69 Å². The summed E-state index contributed by atoms with van der Waals surface area (Å²) in [4.78, 5) is 6.82. The average Bonchev–Trinajstić information content (AvgIpc) is 2.30. The van der Waals surface area contributed by atoms with Crippen molar-refractivity contribution in [2.75, 3.05) is 0 Å². The van der Waals surface area contributed by atoms with Crippen LogP contribution >= 0.6 is 0 Å². The van der Waals surface area contributed by atoms with Crippen molar-refractivity contribution in [3.05, 3.63) is 23.4 Å². The van der Waals surface area contributed by atoms with Gasteiger partial charge in [-0.05, 0) is 0 Å². The number of nitrogens with zero attached hydrogens (tertiary/aromatic N) is 4. The first kappa shape index (κ1) is 6.31. The number of hydrogen-bond acceptors (Lipinski definition) is 2. The molecule has 1 aromatic heterocycles. The van der Waals surface area contributed by atoms with E-state index in [4.69, 9.17) is 11.8 Å². The van der Waals surface area contributed by atoms with Crippen molar-refractivity contribution in [2.45, 2.75) is 0 Å². The maximum Gasteiger partial charge on any atom is 0.267 e. The van der Waals surface area contributed by atoms with Gasteiger partial charge in [-0.3, -0.25) is 4.57 Å². The van der Waals surface area contributed by atoms with Gasteiger partial charge in [0.05, 0.1) is 7.05 Å². The molecule has 0 aliphatic heterocycles. The third-order valence-electron chi connectivity index (χ3n) is 1.12. The van der Waals surface area contributed by atoms with E-state index in [2.05, 4.69) is 9.83 Å². The molecule has 0 fully saturated rings. The Kier molecular flexibility index (Phi) is 1.39. The molecular formula is C6H4N4. The number of aryl methyl sites for hydroxylation is 1. The van der Waals surface area contributed by atoms with Gasteiger partial charge in [0.2, 0.25) is 0 Å². The largest absolute Gasteiger partial charge is 0.361 e. The summed E-state index contributed by atoms with van der Waals surface area (Å²) in [6, 6.07) is 1.82. The van der Waals surface area contributed by atoms with E-state index in [1.54, 1.807) is 7.05 Å². The molecule has 1 aromatic rings. The molecule has 4 nitrogen and oxygen atoms in total. The summed E-state index contributed by atoms with van der Waals surface area (Å²) in [5, 5.41) is 8.39. The molecule has 0 bridgehead atoms. The van der Waals surface area contributed by atoms with Gasteiger partial charge in [0, 0.05) is 0 Å². The quantitative estimate of drug-likeness (QED) is 0.491. The van der Waals surface area contributed by atoms with Crippen LogP contribution in [0, 0.1) is 17.9 Å². The predicted molar refractivity (Wildman–Crippen MR) is 34.2 cm³/mol. The fraction of sp³-hybridized carbons (Fsp3) is 0.167. The second-order valence-electron chi connectivity index (χ2n) is 1.75. The van der Waals surface area contributed by atoms with Crippen LogP contribution in [0.15, 0.2) is 6.33 Å². The lowest BCUT2D eigenvalue weighted by molar-refractivity contribution is 0.930. The molecule has 0 spiro atoms. The summed E-state index contributed by atoms with van der Waals surface area (Å²) in [5.41, 5.74) is 0.192. The van der Waals surface area contributed by atoms with Crippen LogP contribution in [0.2, 0.25) is 0 Å². The third kappa shape index (κ3) is 0.723. The molecule has 0 N–H and O–H groups in total. The van der Waals surface area contributed by atoms with Crippen molar-refractivity contribution < 1.29 is 0 Å². The van der Waals surface area contributed by atoms with Crippen LogP contribution < -0.4 is 0 Å². The summed E-state index contributed by atoms with van der Waals surface area (Å²) in [6.07, 6.45) is 1.45. The van der Waals surface area contributed by atoms with Crippen molar-refractivity contribution in [1.82, 2.24) is 9.55 Å². The first-order chi connectivity index (χ1) is 4.79. The monoisotopic (exact) mass is 132 g/mol. The van der Waals surface area contributed by atoms with Crippen LogP contribution in [-0.4, -0.2) is 9.55 Å². The van der Waals surface area contributed by atoms with Gasteiger partial charge in [-0.25, -0.2) is 4.98 Å². The zero-order valence-corrected chi connectivity index (χ0v) is 5.37. The van der Waals surface area contributed by atoms with E-state index >= 15 is 0 Å². The summed E-state index contributed by atoms with van der Waals surface area (Å²) in [7, 11) is 1.68. The highest BCUT2D eigenvalue weighted by Gasteiger charge is 2.05. The Balaban J connectivity index is 3.34. The van der Waals surface area contributed by atoms with Crippen LogP contribution in [0.3, 0.4) is 0 Å². The molecule has 0 unspecified atom stereocenters. The molecule has 4 heteroatoms. The minimum Gasteiger partial charge on any atom is -0.361 e. The molecule has 1 rings (SSSR count). The smallest absolute Gasteiger partial charge is 0.267 e. The fourth-order valence-corrected chi connectivity index (χ4v) is 0.634. The van der Waals surface area contributed by atoms with Crippen molar-refractivity contribution >= 4 is 5.82 Å². The second-order valence-corrected chi connectivity index (χ2v) is 1.75. The van der Waals surface area contributed by atoms with Crippen LogP contribution in [0.25, 0.3) is 4.85 Å². The predicted octanol–water partition coefficient (Wildman–Crippen LogP) is 0.843. The number of hydrogen-bond donors (Lipinski definition) is 0. The van der Waals surface area contributed by atoms with E-state index in [1.165, 1.54) is 10.9 Å². The first-order valence-electron chi connectivity index (χ1n) is 2.58. The van der Waals surface area contributed by atoms with Crippen molar-refractivity contribution in [2.24, 2.45) is 7.05 Å². The maximum atomic E-state index is 8.39. The van der Waals surface area contributed by atoms with Crippen LogP contribution in [-0.2, 0) is 7.05 Å². The van der Waals surface area contributed by atoms with E-state index in [0.29, 0.717) is 5.82 Å². The lowest BCUT2D eigenvalue weighted by Crippen LogP contribution is -1.80. The van der Waals surface area contributed by atoms with Gasteiger partial charge >= 0.3 is 0 Å². The molecule has 0 atom stereocenters. The molecule has 0 aliphatic rings. The Labute approximate surface area is 58.2 Å². The third-order valence-corrected chi connectivity index (χ3v) is 1.12. The number of aromatic nitrogens is 2. The zero-order valence-electron chi connectivity index (χ0n) is 5.37. The Morgan fingerprint density at radius 1 is 1.90 bits per heavy atom. The van der Waals surface area contributed by atoms with E-state index in [0.717, 1.165) is 0 Å². The first-order valence-corrected chi connectivity index (χ1v) is 2.58. The van der Waals surface area contributed by atoms with Crippen LogP contribution in [0.5, 0.6) is 0 Å². The Morgan fingerprint density at radius 2 is 2.60 bits per heavy atom. The lowest BCUT2D eigenvalue weighted by atomic mass is 10.5. The number of rotatable bonds is 0.